The lowest BCUT2D eigenvalue weighted by Gasteiger charge is -2.27. The highest BCUT2D eigenvalue weighted by molar-refractivity contribution is 7.89. The number of rotatable bonds is 5. The third-order valence-corrected chi connectivity index (χ3v) is 6.37. The number of carbonyl (C=O) groups is 1. The van der Waals surface area contributed by atoms with E-state index in [1.54, 1.807) is 0 Å². The standard InChI is InChI=1S/C15H22N2O5S/c1-21-15(18)12-9-14(22-11-12)23(19,20)17-8-4-5-13(17)10-16-6-2-3-7-16/h9,11,13H,2-8,10H2,1H3/t13-/m0/s1. The van der Waals surface area contributed by atoms with Crippen LogP contribution in [0.3, 0.4) is 0 Å². The van der Waals surface area contributed by atoms with Gasteiger partial charge in [0.2, 0.25) is 5.09 Å². The van der Waals surface area contributed by atoms with Gasteiger partial charge in [-0.2, -0.15) is 4.31 Å². The molecule has 3 rings (SSSR count). The number of nitrogens with zero attached hydrogens (tertiary/aromatic N) is 2. The van der Waals surface area contributed by atoms with Gasteiger partial charge in [-0.3, -0.25) is 0 Å². The number of hydrogen-bond donors (Lipinski definition) is 0. The van der Waals surface area contributed by atoms with Gasteiger partial charge in [0.25, 0.3) is 10.0 Å². The first-order valence-electron chi connectivity index (χ1n) is 7.93. The molecule has 8 heteroatoms. The van der Waals surface area contributed by atoms with Gasteiger partial charge in [-0.15, -0.1) is 0 Å². The Labute approximate surface area is 136 Å². The van der Waals surface area contributed by atoms with Gasteiger partial charge in [0, 0.05) is 25.2 Å². The van der Waals surface area contributed by atoms with Gasteiger partial charge in [0.15, 0.2) is 0 Å². The molecule has 2 saturated heterocycles. The molecule has 1 aromatic rings. The normalized spacial score (nSPS) is 23.4. The first-order chi connectivity index (χ1) is 11.0. The van der Waals surface area contributed by atoms with Crippen LogP contribution in [0, 0.1) is 0 Å². The third kappa shape index (κ3) is 3.29. The Balaban J connectivity index is 1.77. The summed E-state index contributed by atoms with van der Waals surface area (Å²) in [6.07, 6.45) is 5.20. The van der Waals surface area contributed by atoms with E-state index in [4.69, 9.17) is 4.42 Å². The Morgan fingerprint density at radius 3 is 2.74 bits per heavy atom. The molecule has 0 radical (unpaired) electrons. The van der Waals surface area contributed by atoms with E-state index in [-0.39, 0.29) is 16.7 Å². The van der Waals surface area contributed by atoms with Crippen LogP contribution >= 0.6 is 0 Å². The summed E-state index contributed by atoms with van der Waals surface area (Å²) in [5.74, 6) is -0.606. The van der Waals surface area contributed by atoms with E-state index >= 15 is 0 Å². The van der Waals surface area contributed by atoms with Crippen molar-refractivity contribution in [3.8, 4) is 0 Å². The molecule has 7 nitrogen and oxygen atoms in total. The Kier molecular flexibility index (Phi) is 4.74. The summed E-state index contributed by atoms with van der Waals surface area (Å²) in [7, 11) is -2.47. The topological polar surface area (TPSA) is 80.1 Å². The predicted octanol–water partition coefficient (Wildman–Crippen LogP) is 1.32. The van der Waals surface area contributed by atoms with Gasteiger partial charge in [-0.25, -0.2) is 13.2 Å². The molecule has 0 spiro atoms. The van der Waals surface area contributed by atoms with Gasteiger partial charge >= 0.3 is 5.97 Å². The van der Waals surface area contributed by atoms with Crippen molar-refractivity contribution >= 4 is 16.0 Å². The summed E-state index contributed by atoms with van der Waals surface area (Å²) in [4.78, 5) is 13.8. The fraction of sp³-hybridized carbons (Fsp3) is 0.667. The molecule has 0 saturated carbocycles. The molecule has 1 atom stereocenters. The van der Waals surface area contributed by atoms with Crippen LogP contribution in [0.25, 0.3) is 0 Å². The minimum absolute atomic E-state index is 0.0234. The lowest BCUT2D eigenvalue weighted by Crippen LogP contribution is -2.42. The van der Waals surface area contributed by atoms with Crippen LogP contribution in [0.1, 0.15) is 36.0 Å². The Hall–Kier alpha value is -1.38. The van der Waals surface area contributed by atoms with Gasteiger partial charge in [-0.05, 0) is 38.8 Å². The average molecular weight is 342 g/mol. The maximum atomic E-state index is 12.8. The van der Waals surface area contributed by atoms with Gasteiger partial charge < -0.3 is 14.1 Å². The van der Waals surface area contributed by atoms with Crippen molar-refractivity contribution in [1.29, 1.82) is 0 Å². The summed E-state index contributed by atoms with van der Waals surface area (Å²) in [6.45, 7) is 3.34. The molecular formula is C15H22N2O5S. The van der Waals surface area contributed by atoms with Crippen LogP contribution in [0.15, 0.2) is 21.8 Å². The molecule has 2 fully saturated rings. The van der Waals surface area contributed by atoms with Crippen LogP contribution in [0.2, 0.25) is 0 Å². The van der Waals surface area contributed by atoms with Crippen LogP contribution in [-0.2, 0) is 14.8 Å². The van der Waals surface area contributed by atoms with Crippen molar-refractivity contribution in [2.75, 3.05) is 33.3 Å². The van der Waals surface area contributed by atoms with Gasteiger partial charge in [-0.1, -0.05) is 0 Å². The van der Waals surface area contributed by atoms with E-state index in [1.165, 1.54) is 30.3 Å². The second-order valence-electron chi connectivity index (χ2n) is 6.07. The molecule has 0 aliphatic carbocycles. The fourth-order valence-electron chi connectivity index (χ4n) is 3.36. The Morgan fingerprint density at radius 2 is 2.04 bits per heavy atom. The van der Waals surface area contributed by atoms with Crippen molar-refractivity contribution in [2.45, 2.75) is 36.8 Å². The maximum absolute atomic E-state index is 12.8. The number of methoxy groups -OCH3 is 1. The second kappa shape index (κ2) is 6.62. The quantitative estimate of drug-likeness (QED) is 0.751. The molecule has 0 amide bonds. The van der Waals surface area contributed by atoms with Crippen LogP contribution in [-0.4, -0.2) is 62.9 Å². The van der Waals surface area contributed by atoms with E-state index in [9.17, 15) is 13.2 Å². The number of ether oxygens (including phenoxy) is 1. The summed E-state index contributed by atoms with van der Waals surface area (Å²) < 4.78 is 36.9. The zero-order valence-electron chi connectivity index (χ0n) is 13.2. The van der Waals surface area contributed by atoms with E-state index in [0.29, 0.717) is 6.54 Å². The van der Waals surface area contributed by atoms with Crippen molar-refractivity contribution in [3.63, 3.8) is 0 Å². The molecule has 1 aromatic heterocycles. The molecule has 2 aliphatic heterocycles. The van der Waals surface area contributed by atoms with Crippen LogP contribution in [0.5, 0.6) is 0 Å². The summed E-state index contributed by atoms with van der Waals surface area (Å²) >= 11 is 0. The van der Waals surface area contributed by atoms with Crippen LogP contribution in [0.4, 0.5) is 0 Å². The smallest absolute Gasteiger partial charge is 0.341 e. The molecule has 3 heterocycles. The largest absolute Gasteiger partial charge is 0.465 e. The maximum Gasteiger partial charge on any atom is 0.341 e. The zero-order valence-corrected chi connectivity index (χ0v) is 14.0. The summed E-state index contributed by atoms with van der Waals surface area (Å²) in [6, 6.07) is 1.22. The molecule has 0 aromatic carbocycles. The Bertz CT molecular complexity index is 663. The lowest BCUT2D eigenvalue weighted by molar-refractivity contribution is 0.0600. The highest BCUT2D eigenvalue weighted by Gasteiger charge is 2.38. The second-order valence-corrected chi connectivity index (χ2v) is 7.89. The lowest BCUT2D eigenvalue weighted by atomic mass is 10.2. The zero-order chi connectivity index (χ0) is 16.4. The molecule has 0 unspecified atom stereocenters. The fourth-order valence-corrected chi connectivity index (χ4v) is 4.97. The highest BCUT2D eigenvalue weighted by Crippen LogP contribution is 2.28. The summed E-state index contributed by atoms with van der Waals surface area (Å²) in [5.41, 5.74) is 0.112. The number of hydrogen-bond acceptors (Lipinski definition) is 6. The number of esters is 1. The minimum atomic E-state index is -3.72. The van der Waals surface area contributed by atoms with E-state index in [1.807, 2.05) is 0 Å². The van der Waals surface area contributed by atoms with Gasteiger partial charge in [0.05, 0.1) is 12.7 Å². The van der Waals surface area contributed by atoms with Crippen LogP contribution < -0.4 is 0 Å². The number of carbonyl (C=O) groups excluding carboxylic acids is 1. The average Bonchev–Trinajstić information content (AvgIpc) is 3.28. The Morgan fingerprint density at radius 1 is 1.30 bits per heavy atom. The number of sulfonamides is 1. The number of likely N-dealkylation sites (tertiary alicyclic amines) is 1. The first-order valence-corrected chi connectivity index (χ1v) is 9.37. The third-order valence-electron chi connectivity index (χ3n) is 4.55. The minimum Gasteiger partial charge on any atom is -0.465 e. The van der Waals surface area contributed by atoms with Crippen molar-refractivity contribution in [3.05, 3.63) is 17.9 Å². The molecule has 2 aliphatic rings. The molecule has 0 bridgehead atoms. The molecular weight excluding hydrogens is 320 g/mol. The highest BCUT2D eigenvalue weighted by atomic mass is 32.2. The number of furan rings is 1. The molecule has 23 heavy (non-hydrogen) atoms. The van der Waals surface area contributed by atoms with Crippen molar-refractivity contribution in [2.24, 2.45) is 0 Å². The van der Waals surface area contributed by atoms with Gasteiger partial charge in [0.1, 0.15) is 6.26 Å². The van der Waals surface area contributed by atoms with E-state index in [2.05, 4.69) is 9.64 Å². The van der Waals surface area contributed by atoms with E-state index in [0.717, 1.165) is 38.7 Å². The SMILES string of the molecule is COC(=O)c1coc(S(=O)(=O)N2CCC[C@H]2CN2CCCC2)c1. The van der Waals surface area contributed by atoms with E-state index < -0.39 is 16.0 Å². The summed E-state index contributed by atoms with van der Waals surface area (Å²) in [5, 5.41) is -0.189. The molecule has 0 N–H and O–H groups in total. The van der Waals surface area contributed by atoms with Crippen molar-refractivity contribution in [1.82, 2.24) is 9.21 Å². The molecule has 128 valence electrons. The first kappa shape index (κ1) is 16.5. The monoisotopic (exact) mass is 342 g/mol. The predicted molar refractivity (Wildman–Crippen MR) is 82.6 cm³/mol. The van der Waals surface area contributed by atoms with Crippen molar-refractivity contribution < 1.29 is 22.4 Å².